The quantitative estimate of drug-likeness (QED) is 0.167. The van der Waals surface area contributed by atoms with Crippen molar-refractivity contribution in [2.75, 3.05) is 13.2 Å². The van der Waals surface area contributed by atoms with E-state index in [0.717, 1.165) is 31.4 Å². The number of rotatable bonds is 12. The molecular formula is C24H29ClO4. The number of hydrogen-bond donors (Lipinski definition) is 0. The Morgan fingerprint density at radius 1 is 1.10 bits per heavy atom. The van der Waals surface area contributed by atoms with Crippen molar-refractivity contribution in [3.05, 3.63) is 65.7 Å². The van der Waals surface area contributed by atoms with Crippen molar-refractivity contribution < 1.29 is 19.0 Å². The Bertz CT molecular complexity index is 786. The Morgan fingerprint density at radius 2 is 1.83 bits per heavy atom. The van der Waals surface area contributed by atoms with Gasteiger partial charge in [-0.25, -0.2) is 4.79 Å². The first-order chi connectivity index (χ1) is 14.0. The van der Waals surface area contributed by atoms with Crippen LogP contribution in [-0.4, -0.2) is 19.2 Å². The molecule has 0 saturated carbocycles. The molecule has 0 radical (unpaired) electrons. The zero-order chi connectivity index (χ0) is 21.1. The summed E-state index contributed by atoms with van der Waals surface area (Å²) in [6, 6.07) is 11.9. The van der Waals surface area contributed by atoms with Gasteiger partial charge in [0.2, 0.25) is 0 Å². The number of ether oxygens (including phenoxy) is 3. The molecule has 0 aliphatic rings. The lowest BCUT2D eigenvalue weighted by molar-refractivity contribution is 0.0734. The molecule has 156 valence electrons. The largest absolute Gasteiger partial charge is 0.493 e. The molecule has 2 aromatic carbocycles. The molecule has 0 amide bonds. The highest BCUT2D eigenvalue weighted by atomic mass is 35.5. The predicted octanol–water partition coefficient (Wildman–Crippen LogP) is 6.72. The average molecular weight is 417 g/mol. The Labute approximate surface area is 178 Å². The Hall–Kier alpha value is -2.46. The summed E-state index contributed by atoms with van der Waals surface area (Å²) in [7, 11) is 0. The first-order valence-electron chi connectivity index (χ1n) is 10.0. The molecule has 0 aromatic heterocycles. The molecule has 4 nitrogen and oxygen atoms in total. The van der Waals surface area contributed by atoms with Crippen LogP contribution in [0.3, 0.4) is 0 Å². The van der Waals surface area contributed by atoms with E-state index in [1.165, 1.54) is 0 Å². The van der Waals surface area contributed by atoms with Gasteiger partial charge in [0, 0.05) is 0 Å². The van der Waals surface area contributed by atoms with Gasteiger partial charge < -0.3 is 14.2 Å². The fraction of sp³-hybridized carbons (Fsp3) is 0.375. The minimum absolute atomic E-state index is 0.367. The third-order valence-corrected chi connectivity index (χ3v) is 4.79. The highest BCUT2D eigenvalue weighted by Crippen LogP contribution is 2.27. The zero-order valence-electron chi connectivity index (χ0n) is 17.2. The second-order valence-electron chi connectivity index (χ2n) is 6.96. The number of allylic oxidation sites excluding steroid dienone is 1. The van der Waals surface area contributed by atoms with Gasteiger partial charge in [-0.05, 0) is 67.6 Å². The molecule has 5 heteroatoms. The maximum Gasteiger partial charge on any atom is 0.343 e. The molecule has 0 aliphatic carbocycles. The van der Waals surface area contributed by atoms with Crippen LogP contribution in [0.15, 0.2) is 55.1 Å². The molecular weight excluding hydrogens is 388 g/mol. The van der Waals surface area contributed by atoms with Gasteiger partial charge in [0.15, 0.2) is 0 Å². The van der Waals surface area contributed by atoms with E-state index in [2.05, 4.69) is 20.4 Å². The van der Waals surface area contributed by atoms with Crippen LogP contribution in [-0.2, 0) is 0 Å². The van der Waals surface area contributed by atoms with E-state index in [0.29, 0.717) is 41.2 Å². The SMILES string of the molecule is C=CCCCCOc1ccc(C(=O)Oc2ccc(OC[C@@H](C)CC)cc2)cc1Cl. The molecule has 0 saturated heterocycles. The Morgan fingerprint density at radius 3 is 2.48 bits per heavy atom. The molecule has 29 heavy (non-hydrogen) atoms. The fourth-order valence-electron chi connectivity index (χ4n) is 2.44. The van der Waals surface area contributed by atoms with Crippen LogP contribution in [0, 0.1) is 5.92 Å². The van der Waals surface area contributed by atoms with Crippen LogP contribution in [0.25, 0.3) is 0 Å². The fourth-order valence-corrected chi connectivity index (χ4v) is 2.68. The molecule has 2 rings (SSSR count). The van der Waals surface area contributed by atoms with E-state index >= 15 is 0 Å². The van der Waals surface area contributed by atoms with Crippen LogP contribution in [0.4, 0.5) is 0 Å². The molecule has 0 spiro atoms. The predicted molar refractivity (Wildman–Crippen MR) is 117 cm³/mol. The highest BCUT2D eigenvalue weighted by Gasteiger charge is 2.12. The van der Waals surface area contributed by atoms with Gasteiger partial charge in [-0.2, -0.15) is 0 Å². The normalized spacial score (nSPS) is 11.6. The van der Waals surface area contributed by atoms with Gasteiger partial charge in [-0.1, -0.05) is 37.9 Å². The smallest absolute Gasteiger partial charge is 0.343 e. The van der Waals surface area contributed by atoms with Crippen molar-refractivity contribution in [3.8, 4) is 17.2 Å². The van der Waals surface area contributed by atoms with Crippen molar-refractivity contribution >= 4 is 17.6 Å². The maximum absolute atomic E-state index is 12.4. The number of carbonyl (C=O) groups is 1. The van der Waals surface area contributed by atoms with Gasteiger partial charge >= 0.3 is 5.97 Å². The summed E-state index contributed by atoms with van der Waals surface area (Å²) in [6.07, 6.45) is 5.86. The second kappa shape index (κ2) is 12.2. The molecule has 0 N–H and O–H groups in total. The molecule has 1 atom stereocenters. The van der Waals surface area contributed by atoms with E-state index in [1.54, 1.807) is 42.5 Å². The average Bonchev–Trinajstić information content (AvgIpc) is 2.73. The lowest BCUT2D eigenvalue weighted by Crippen LogP contribution is -2.09. The third kappa shape index (κ3) is 7.82. The number of halogens is 1. The van der Waals surface area contributed by atoms with Crippen LogP contribution in [0.2, 0.25) is 5.02 Å². The van der Waals surface area contributed by atoms with E-state index in [1.807, 2.05) is 6.08 Å². The van der Waals surface area contributed by atoms with E-state index in [9.17, 15) is 4.79 Å². The second-order valence-corrected chi connectivity index (χ2v) is 7.37. The van der Waals surface area contributed by atoms with Crippen LogP contribution >= 0.6 is 11.6 Å². The summed E-state index contributed by atoms with van der Waals surface area (Å²) < 4.78 is 16.8. The summed E-state index contributed by atoms with van der Waals surface area (Å²) in [5.41, 5.74) is 0.367. The monoisotopic (exact) mass is 416 g/mol. The minimum atomic E-state index is -0.474. The third-order valence-electron chi connectivity index (χ3n) is 4.49. The molecule has 0 unspecified atom stereocenters. The minimum Gasteiger partial charge on any atom is -0.493 e. The molecule has 0 bridgehead atoms. The first-order valence-corrected chi connectivity index (χ1v) is 10.4. The number of hydrogen-bond acceptors (Lipinski definition) is 4. The van der Waals surface area contributed by atoms with Crippen molar-refractivity contribution in [1.82, 2.24) is 0 Å². The summed E-state index contributed by atoms with van der Waals surface area (Å²) in [5.74, 6) is 1.78. The number of unbranched alkanes of at least 4 members (excludes halogenated alkanes) is 2. The Balaban J connectivity index is 1.88. The number of carbonyl (C=O) groups excluding carboxylic acids is 1. The van der Waals surface area contributed by atoms with Gasteiger partial charge in [0.05, 0.1) is 23.8 Å². The Kier molecular flexibility index (Phi) is 9.58. The van der Waals surface area contributed by atoms with Gasteiger partial charge in [-0.3, -0.25) is 0 Å². The number of esters is 1. The van der Waals surface area contributed by atoms with E-state index in [-0.39, 0.29) is 0 Å². The summed E-state index contributed by atoms with van der Waals surface area (Å²) >= 11 is 6.24. The van der Waals surface area contributed by atoms with Crippen molar-refractivity contribution in [2.24, 2.45) is 5.92 Å². The molecule has 0 heterocycles. The zero-order valence-corrected chi connectivity index (χ0v) is 17.9. The molecule has 0 aliphatic heterocycles. The highest BCUT2D eigenvalue weighted by molar-refractivity contribution is 6.32. The summed E-state index contributed by atoms with van der Waals surface area (Å²) in [5, 5.41) is 0.386. The molecule has 2 aromatic rings. The first kappa shape index (κ1) is 22.8. The van der Waals surface area contributed by atoms with E-state index in [4.69, 9.17) is 25.8 Å². The van der Waals surface area contributed by atoms with Gasteiger partial charge in [0.1, 0.15) is 17.2 Å². The standard InChI is InChI=1S/C24H29ClO4/c1-4-6-7-8-15-27-23-14-9-19(16-22(23)25)24(26)29-21-12-10-20(11-13-21)28-17-18(3)5-2/h4,9-14,16,18H,1,5-8,15,17H2,2-3H3/t18-/m0/s1. The van der Waals surface area contributed by atoms with Gasteiger partial charge in [0.25, 0.3) is 0 Å². The van der Waals surface area contributed by atoms with E-state index < -0.39 is 5.97 Å². The van der Waals surface area contributed by atoms with Gasteiger partial charge in [-0.15, -0.1) is 6.58 Å². The van der Waals surface area contributed by atoms with Crippen molar-refractivity contribution in [3.63, 3.8) is 0 Å². The summed E-state index contributed by atoms with van der Waals surface area (Å²) in [6.45, 7) is 9.20. The molecule has 0 fully saturated rings. The van der Waals surface area contributed by atoms with Crippen LogP contribution < -0.4 is 14.2 Å². The number of benzene rings is 2. The summed E-state index contributed by atoms with van der Waals surface area (Å²) in [4.78, 5) is 12.4. The lowest BCUT2D eigenvalue weighted by atomic mass is 10.1. The lowest BCUT2D eigenvalue weighted by Gasteiger charge is -2.12. The maximum atomic E-state index is 12.4. The van der Waals surface area contributed by atoms with Crippen molar-refractivity contribution in [2.45, 2.75) is 39.5 Å². The topological polar surface area (TPSA) is 44.8 Å². The van der Waals surface area contributed by atoms with Crippen molar-refractivity contribution in [1.29, 1.82) is 0 Å². The van der Waals surface area contributed by atoms with Crippen LogP contribution in [0.5, 0.6) is 17.2 Å². The van der Waals surface area contributed by atoms with Crippen LogP contribution in [0.1, 0.15) is 49.9 Å².